The molecule has 1 aliphatic heterocycles. The number of aromatic nitrogens is 2. The fraction of sp³-hybridized carbons (Fsp3) is 0.556. The maximum atomic E-state index is 11.4. The van der Waals surface area contributed by atoms with Crippen LogP contribution in [0.3, 0.4) is 0 Å². The van der Waals surface area contributed by atoms with Gasteiger partial charge in [-0.2, -0.15) is 5.10 Å². The Morgan fingerprint density at radius 1 is 1.80 bits per heavy atom. The first kappa shape index (κ1) is 10.1. The minimum Gasteiger partial charge on any atom is -0.320 e. The SMILES string of the molecule is CC(N)C(=O)Nc1ccnn1C1CNC1. The number of hydrogen-bond donors (Lipinski definition) is 3. The van der Waals surface area contributed by atoms with Gasteiger partial charge in [0.25, 0.3) is 0 Å². The van der Waals surface area contributed by atoms with Crippen molar-refractivity contribution in [2.45, 2.75) is 19.0 Å². The van der Waals surface area contributed by atoms with Gasteiger partial charge in [0.2, 0.25) is 5.91 Å². The minimum atomic E-state index is -0.507. The normalized spacial score (nSPS) is 18.3. The standard InChI is InChI=1S/C9H15N5O/c1-6(10)9(15)13-8-2-3-12-14(8)7-4-11-5-7/h2-3,6-7,11H,4-5,10H2,1H3,(H,13,15). The number of anilines is 1. The summed E-state index contributed by atoms with van der Waals surface area (Å²) in [5.41, 5.74) is 5.47. The van der Waals surface area contributed by atoms with Crippen LogP contribution in [0.25, 0.3) is 0 Å². The van der Waals surface area contributed by atoms with Crippen molar-refractivity contribution < 1.29 is 4.79 Å². The zero-order chi connectivity index (χ0) is 10.8. The summed E-state index contributed by atoms with van der Waals surface area (Å²) in [6, 6.07) is 1.61. The van der Waals surface area contributed by atoms with Crippen molar-refractivity contribution in [3.8, 4) is 0 Å². The van der Waals surface area contributed by atoms with Crippen LogP contribution in [0, 0.1) is 0 Å². The third-order valence-electron chi connectivity index (χ3n) is 2.44. The molecule has 4 N–H and O–H groups in total. The van der Waals surface area contributed by atoms with Crippen LogP contribution in [-0.4, -0.2) is 34.8 Å². The van der Waals surface area contributed by atoms with Crippen molar-refractivity contribution >= 4 is 11.7 Å². The van der Waals surface area contributed by atoms with E-state index in [1.54, 1.807) is 19.2 Å². The van der Waals surface area contributed by atoms with Gasteiger partial charge in [-0.15, -0.1) is 0 Å². The first-order valence-electron chi connectivity index (χ1n) is 4.99. The topological polar surface area (TPSA) is 85.0 Å². The van der Waals surface area contributed by atoms with Crippen LogP contribution < -0.4 is 16.4 Å². The molecule has 2 rings (SSSR count). The van der Waals surface area contributed by atoms with Crippen LogP contribution >= 0.6 is 0 Å². The van der Waals surface area contributed by atoms with E-state index in [2.05, 4.69) is 15.7 Å². The molecule has 0 bridgehead atoms. The van der Waals surface area contributed by atoms with Gasteiger partial charge < -0.3 is 16.4 Å². The number of hydrogen-bond acceptors (Lipinski definition) is 4. The second kappa shape index (κ2) is 4.00. The highest BCUT2D eigenvalue weighted by molar-refractivity contribution is 5.93. The molecule has 1 aromatic heterocycles. The van der Waals surface area contributed by atoms with Crippen molar-refractivity contribution in [3.63, 3.8) is 0 Å². The molecular formula is C9H15N5O. The molecule has 0 aliphatic carbocycles. The van der Waals surface area contributed by atoms with E-state index in [1.165, 1.54) is 0 Å². The van der Waals surface area contributed by atoms with Crippen LogP contribution in [0.1, 0.15) is 13.0 Å². The third-order valence-corrected chi connectivity index (χ3v) is 2.44. The Hall–Kier alpha value is -1.40. The van der Waals surface area contributed by atoms with E-state index in [1.807, 2.05) is 4.68 Å². The second-order valence-electron chi connectivity index (χ2n) is 3.75. The summed E-state index contributed by atoms with van der Waals surface area (Å²) >= 11 is 0. The molecule has 0 spiro atoms. The van der Waals surface area contributed by atoms with E-state index in [-0.39, 0.29) is 5.91 Å². The average Bonchev–Trinajstić information content (AvgIpc) is 2.50. The summed E-state index contributed by atoms with van der Waals surface area (Å²) in [7, 11) is 0. The van der Waals surface area contributed by atoms with E-state index in [0.29, 0.717) is 11.9 Å². The summed E-state index contributed by atoms with van der Waals surface area (Å²) in [6.45, 7) is 3.44. The highest BCUT2D eigenvalue weighted by atomic mass is 16.2. The summed E-state index contributed by atoms with van der Waals surface area (Å²) < 4.78 is 1.82. The molecule has 82 valence electrons. The molecule has 1 aromatic rings. The smallest absolute Gasteiger partial charge is 0.242 e. The van der Waals surface area contributed by atoms with E-state index < -0.39 is 6.04 Å². The van der Waals surface area contributed by atoms with Crippen LogP contribution in [0.2, 0.25) is 0 Å². The lowest BCUT2D eigenvalue weighted by molar-refractivity contribution is -0.117. The highest BCUT2D eigenvalue weighted by Crippen LogP contribution is 2.17. The van der Waals surface area contributed by atoms with Crippen LogP contribution in [-0.2, 0) is 4.79 Å². The number of nitrogens with one attached hydrogen (secondary N) is 2. The summed E-state index contributed by atoms with van der Waals surface area (Å²) in [6.07, 6.45) is 1.68. The first-order valence-corrected chi connectivity index (χ1v) is 4.99. The van der Waals surface area contributed by atoms with Crippen molar-refractivity contribution in [2.75, 3.05) is 18.4 Å². The number of carbonyl (C=O) groups excluding carboxylic acids is 1. The summed E-state index contributed by atoms with van der Waals surface area (Å²) in [5, 5.41) is 10.1. The van der Waals surface area contributed by atoms with Gasteiger partial charge >= 0.3 is 0 Å². The predicted octanol–water partition coefficient (Wildman–Crippen LogP) is -0.687. The molecule has 1 fully saturated rings. The molecular weight excluding hydrogens is 194 g/mol. The van der Waals surface area contributed by atoms with Gasteiger partial charge in [-0.05, 0) is 6.92 Å². The van der Waals surface area contributed by atoms with Crippen molar-refractivity contribution in [2.24, 2.45) is 5.73 Å². The van der Waals surface area contributed by atoms with E-state index in [9.17, 15) is 4.79 Å². The Balaban J connectivity index is 2.07. The predicted molar refractivity (Wildman–Crippen MR) is 56.4 cm³/mol. The quantitative estimate of drug-likeness (QED) is 0.615. The minimum absolute atomic E-state index is 0.191. The maximum absolute atomic E-state index is 11.4. The molecule has 1 aliphatic rings. The summed E-state index contributed by atoms with van der Waals surface area (Å²) in [4.78, 5) is 11.4. The van der Waals surface area contributed by atoms with Gasteiger partial charge in [0.05, 0.1) is 18.3 Å². The largest absolute Gasteiger partial charge is 0.320 e. The zero-order valence-corrected chi connectivity index (χ0v) is 8.60. The number of amides is 1. The van der Waals surface area contributed by atoms with Gasteiger partial charge in [-0.1, -0.05) is 0 Å². The van der Waals surface area contributed by atoms with Gasteiger partial charge in [0.15, 0.2) is 0 Å². The third kappa shape index (κ3) is 2.00. The van der Waals surface area contributed by atoms with Crippen LogP contribution in [0.5, 0.6) is 0 Å². The van der Waals surface area contributed by atoms with Crippen molar-refractivity contribution in [1.29, 1.82) is 0 Å². The molecule has 0 radical (unpaired) electrons. The molecule has 1 saturated heterocycles. The van der Waals surface area contributed by atoms with Gasteiger partial charge in [-0.25, -0.2) is 4.68 Å². The Morgan fingerprint density at radius 3 is 3.07 bits per heavy atom. The maximum Gasteiger partial charge on any atom is 0.242 e. The molecule has 1 atom stereocenters. The van der Waals surface area contributed by atoms with Gasteiger partial charge in [0, 0.05) is 19.2 Å². The fourth-order valence-electron chi connectivity index (χ4n) is 1.39. The van der Waals surface area contributed by atoms with E-state index in [4.69, 9.17) is 5.73 Å². The summed E-state index contributed by atoms with van der Waals surface area (Å²) in [5.74, 6) is 0.521. The zero-order valence-electron chi connectivity index (χ0n) is 8.60. The highest BCUT2D eigenvalue weighted by Gasteiger charge is 2.22. The van der Waals surface area contributed by atoms with Gasteiger partial charge in [-0.3, -0.25) is 4.79 Å². The Morgan fingerprint density at radius 2 is 2.53 bits per heavy atom. The van der Waals surface area contributed by atoms with E-state index in [0.717, 1.165) is 13.1 Å². The van der Waals surface area contributed by atoms with Crippen molar-refractivity contribution in [1.82, 2.24) is 15.1 Å². The number of nitrogens with zero attached hydrogens (tertiary/aromatic N) is 2. The lowest BCUT2D eigenvalue weighted by atomic mass is 10.2. The van der Waals surface area contributed by atoms with E-state index >= 15 is 0 Å². The number of nitrogens with two attached hydrogens (primary N) is 1. The van der Waals surface area contributed by atoms with Gasteiger partial charge in [0.1, 0.15) is 5.82 Å². The van der Waals surface area contributed by atoms with Crippen LogP contribution in [0.4, 0.5) is 5.82 Å². The second-order valence-corrected chi connectivity index (χ2v) is 3.75. The van der Waals surface area contributed by atoms with Crippen molar-refractivity contribution in [3.05, 3.63) is 12.3 Å². The molecule has 6 heteroatoms. The monoisotopic (exact) mass is 209 g/mol. The molecule has 0 saturated carbocycles. The molecule has 6 nitrogen and oxygen atoms in total. The Kier molecular flexibility index (Phi) is 2.70. The molecule has 0 aromatic carbocycles. The van der Waals surface area contributed by atoms with Crippen LogP contribution in [0.15, 0.2) is 12.3 Å². The molecule has 15 heavy (non-hydrogen) atoms. The molecule has 2 heterocycles. The Labute approximate surface area is 87.8 Å². The first-order chi connectivity index (χ1) is 7.18. The molecule has 1 unspecified atom stereocenters. The lowest BCUT2D eigenvalue weighted by Gasteiger charge is -2.28. The lowest BCUT2D eigenvalue weighted by Crippen LogP contribution is -2.44. The average molecular weight is 209 g/mol. The number of rotatable bonds is 3. The fourth-order valence-corrected chi connectivity index (χ4v) is 1.39. The molecule has 1 amide bonds. The Bertz CT molecular complexity index is 355. The number of carbonyl (C=O) groups is 1.